The van der Waals surface area contributed by atoms with Crippen molar-refractivity contribution in [3.05, 3.63) is 51.8 Å². The van der Waals surface area contributed by atoms with Gasteiger partial charge in [0.15, 0.2) is 11.4 Å². The van der Waals surface area contributed by atoms with Crippen LogP contribution in [0.3, 0.4) is 0 Å². The summed E-state index contributed by atoms with van der Waals surface area (Å²) >= 11 is 0.528. The first-order valence-corrected chi connectivity index (χ1v) is 7.62. The third-order valence-electron chi connectivity index (χ3n) is 3.14. The average molecular weight is 409 g/mol. The highest BCUT2D eigenvalue weighted by Crippen LogP contribution is 2.36. The Morgan fingerprint density at radius 3 is 2.30 bits per heavy atom. The Morgan fingerprint density at radius 1 is 1.04 bits per heavy atom. The third-order valence-corrected chi connectivity index (χ3v) is 4.06. The Labute approximate surface area is 149 Å². The van der Waals surface area contributed by atoms with Crippen LogP contribution in [-0.4, -0.2) is 24.5 Å². The fourth-order valence-corrected chi connectivity index (χ4v) is 2.87. The van der Waals surface area contributed by atoms with E-state index in [-0.39, 0.29) is 21.2 Å². The zero-order valence-electron chi connectivity index (χ0n) is 12.6. The highest BCUT2D eigenvalue weighted by Gasteiger charge is 2.40. The van der Waals surface area contributed by atoms with E-state index in [1.54, 1.807) is 0 Å². The Hall–Kier alpha value is -2.90. The average Bonchev–Trinajstić information content (AvgIpc) is 2.94. The van der Waals surface area contributed by atoms with E-state index in [1.165, 1.54) is 18.2 Å². The molecule has 0 radical (unpaired) electrons. The molecule has 0 N–H and O–H groups in total. The predicted molar refractivity (Wildman–Crippen MR) is 78.0 cm³/mol. The van der Waals surface area contributed by atoms with Crippen LogP contribution >= 0.6 is 11.8 Å². The molecule has 0 fully saturated rings. The maximum atomic E-state index is 13.1. The monoisotopic (exact) mass is 409 g/mol. The lowest BCUT2D eigenvalue weighted by Crippen LogP contribution is -2.18. The Bertz CT molecular complexity index is 1030. The van der Waals surface area contributed by atoms with Crippen LogP contribution in [0.4, 0.5) is 32.0 Å². The maximum Gasteiger partial charge on any atom is 0.433 e. The van der Waals surface area contributed by atoms with Crippen molar-refractivity contribution < 1.29 is 31.3 Å². The van der Waals surface area contributed by atoms with Gasteiger partial charge in [-0.15, -0.1) is 5.10 Å². The lowest BCUT2D eigenvalue weighted by Gasteiger charge is -2.11. The molecular weight excluding hydrogens is 404 g/mol. The molecule has 0 unspecified atom stereocenters. The van der Waals surface area contributed by atoms with Crippen LogP contribution in [0.2, 0.25) is 0 Å². The van der Waals surface area contributed by atoms with E-state index in [1.807, 2.05) is 0 Å². The summed E-state index contributed by atoms with van der Waals surface area (Å²) in [6, 6.07) is 5.08. The van der Waals surface area contributed by atoms with Gasteiger partial charge in [0.05, 0.1) is 9.82 Å². The second kappa shape index (κ2) is 6.37. The van der Waals surface area contributed by atoms with Crippen molar-refractivity contribution in [2.75, 3.05) is 0 Å². The summed E-state index contributed by atoms with van der Waals surface area (Å²) in [6.07, 6.45) is -10.3. The molecule has 3 rings (SSSR count). The number of nitrogens with zero attached hydrogens (tertiary/aromatic N) is 5. The topological polar surface area (TPSA) is 86.2 Å². The van der Waals surface area contributed by atoms with Gasteiger partial charge in [0.25, 0.3) is 11.5 Å². The number of para-hydroxylation sites is 1. The lowest BCUT2D eigenvalue weighted by atomic mass is 10.3. The molecule has 14 heteroatoms. The van der Waals surface area contributed by atoms with E-state index in [4.69, 9.17) is 0 Å². The van der Waals surface area contributed by atoms with E-state index >= 15 is 0 Å². The van der Waals surface area contributed by atoms with Crippen LogP contribution in [0, 0.1) is 10.1 Å². The van der Waals surface area contributed by atoms with Crippen LogP contribution < -0.4 is 0 Å². The third kappa shape index (κ3) is 3.79. The quantitative estimate of drug-likeness (QED) is 0.366. The number of halogens is 6. The fourth-order valence-electron chi connectivity index (χ4n) is 2.03. The van der Waals surface area contributed by atoms with Crippen LogP contribution in [0.1, 0.15) is 11.4 Å². The maximum absolute atomic E-state index is 13.1. The Kier molecular flexibility index (Phi) is 4.45. The summed E-state index contributed by atoms with van der Waals surface area (Å²) in [7, 11) is 0. The first-order chi connectivity index (χ1) is 12.5. The molecule has 3 aromatic rings. The fraction of sp³-hybridized carbons (Fsp3) is 0.154. The van der Waals surface area contributed by atoms with Gasteiger partial charge in [-0.3, -0.25) is 10.1 Å². The van der Waals surface area contributed by atoms with Gasteiger partial charge < -0.3 is 0 Å². The standard InChI is InChI=1S/C13H5F6N5O2S/c14-12(15,16)8-5-9(13(17,18)19)23-10(20-8)21-11(22-23)27-7-4-2-1-3-6(7)24(25)26/h1-5H. The first kappa shape index (κ1) is 18.9. The normalized spacial score (nSPS) is 12.5. The summed E-state index contributed by atoms with van der Waals surface area (Å²) in [5, 5.41) is 14.0. The van der Waals surface area contributed by atoms with Gasteiger partial charge in [0, 0.05) is 6.07 Å². The van der Waals surface area contributed by atoms with Gasteiger partial charge in [-0.25, -0.2) is 4.98 Å². The van der Waals surface area contributed by atoms with Crippen LogP contribution in [0.25, 0.3) is 5.78 Å². The van der Waals surface area contributed by atoms with E-state index in [0.717, 1.165) is 6.07 Å². The molecular formula is C13H5F6N5O2S. The molecule has 0 aliphatic carbocycles. The van der Waals surface area contributed by atoms with Gasteiger partial charge in [-0.1, -0.05) is 12.1 Å². The van der Waals surface area contributed by atoms with Gasteiger partial charge in [-0.05, 0) is 23.9 Å². The number of fused-ring (bicyclic) bond motifs is 1. The molecule has 2 heterocycles. The molecule has 142 valence electrons. The zero-order valence-corrected chi connectivity index (χ0v) is 13.4. The lowest BCUT2D eigenvalue weighted by molar-refractivity contribution is -0.387. The van der Waals surface area contributed by atoms with E-state index < -0.39 is 39.6 Å². The van der Waals surface area contributed by atoms with Gasteiger partial charge >= 0.3 is 12.4 Å². The van der Waals surface area contributed by atoms with Crippen molar-refractivity contribution in [3.8, 4) is 0 Å². The molecule has 0 bridgehead atoms. The van der Waals surface area contributed by atoms with Gasteiger partial charge in [-0.2, -0.15) is 35.8 Å². The number of rotatable bonds is 3. The molecule has 0 atom stereocenters. The summed E-state index contributed by atoms with van der Waals surface area (Å²) in [6.45, 7) is 0. The molecule has 1 aromatic carbocycles. The molecule has 27 heavy (non-hydrogen) atoms. The number of benzene rings is 1. The summed E-state index contributed by atoms with van der Waals surface area (Å²) in [5.41, 5.74) is -3.86. The largest absolute Gasteiger partial charge is 0.433 e. The van der Waals surface area contributed by atoms with Crippen molar-refractivity contribution in [1.82, 2.24) is 19.6 Å². The summed E-state index contributed by atoms with van der Waals surface area (Å²) in [5.74, 6) is -0.932. The van der Waals surface area contributed by atoms with Gasteiger partial charge in [0.1, 0.15) is 0 Å². The minimum Gasteiger partial charge on any atom is -0.258 e. The second-order valence-corrected chi connectivity index (χ2v) is 5.96. The van der Waals surface area contributed by atoms with Crippen LogP contribution in [0.5, 0.6) is 0 Å². The van der Waals surface area contributed by atoms with E-state index in [9.17, 15) is 36.5 Å². The zero-order chi connectivity index (χ0) is 20.0. The number of hydrogen-bond donors (Lipinski definition) is 0. The number of nitro benzene ring substituents is 1. The Morgan fingerprint density at radius 2 is 1.70 bits per heavy atom. The molecule has 0 spiro atoms. The smallest absolute Gasteiger partial charge is 0.258 e. The molecule has 0 aliphatic heterocycles. The Balaban J connectivity index is 2.14. The van der Waals surface area contributed by atoms with Crippen molar-refractivity contribution >= 4 is 23.2 Å². The minimum atomic E-state index is -5.16. The SMILES string of the molecule is O=[N+]([O-])c1ccccc1Sc1nc2nc(C(F)(F)F)cc(C(F)(F)F)n2n1. The number of hydrogen-bond acceptors (Lipinski definition) is 6. The van der Waals surface area contributed by atoms with Crippen molar-refractivity contribution in [2.45, 2.75) is 22.4 Å². The summed E-state index contributed by atoms with van der Waals surface area (Å²) in [4.78, 5) is 16.9. The highest BCUT2D eigenvalue weighted by atomic mass is 32.2. The highest BCUT2D eigenvalue weighted by molar-refractivity contribution is 7.99. The second-order valence-electron chi connectivity index (χ2n) is 4.96. The van der Waals surface area contributed by atoms with E-state index in [0.29, 0.717) is 11.8 Å². The first-order valence-electron chi connectivity index (χ1n) is 6.80. The van der Waals surface area contributed by atoms with Crippen LogP contribution in [0.15, 0.2) is 40.4 Å². The van der Waals surface area contributed by atoms with Crippen molar-refractivity contribution in [1.29, 1.82) is 0 Å². The summed E-state index contributed by atoms with van der Waals surface area (Å²) < 4.78 is 77.9. The molecule has 7 nitrogen and oxygen atoms in total. The predicted octanol–water partition coefficient (Wildman–Crippen LogP) is 4.22. The molecule has 0 amide bonds. The van der Waals surface area contributed by atoms with Crippen molar-refractivity contribution in [2.24, 2.45) is 0 Å². The molecule has 2 aromatic heterocycles. The van der Waals surface area contributed by atoms with Gasteiger partial charge in [0.2, 0.25) is 5.16 Å². The minimum absolute atomic E-state index is 0.00279. The number of alkyl halides is 6. The van der Waals surface area contributed by atoms with E-state index in [2.05, 4.69) is 15.1 Å². The molecule has 0 aliphatic rings. The number of aromatic nitrogens is 4. The molecule has 0 saturated heterocycles. The van der Waals surface area contributed by atoms with Crippen molar-refractivity contribution in [3.63, 3.8) is 0 Å². The number of nitro groups is 1. The van der Waals surface area contributed by atoms with Crippen LogP contribution in [-0.2, 0) is 12.4 Å². The molecule has 0 saturated carbocycles.